The largest absolute Gasteiger partial charge is 0.481 e. The van der Waals surface area contributed by atoms with Gasteiger partial charge < -0.3 is 10.0 Å². The average molecular weight is 720 g/mol. The van der Waals surface area contributed by atoms with Gasteiger partial charge in [-0.1, -0.05) is 258 Å². The number of carbonyl (C=O) groups is 1. The summed E-state index contributed by atoms with van der Waals surface area (Å²) < 4.78 is 0. The molecule has 0 saturated carbocycles. The summed E-state index contributed by atoms with van der Waals surface area (Å²) in [5.41, 5.74) is 0. The van der Waals surface area contributed by atoms with Crippen LogP contribution in [-0.2, 0) is 4.79 Å². The first-order valence-corrected chi connectivity index (χ1v) is 24.1. The Morgan fingerprint density at radius 1 is 0.294 bits per heavy atom. The van der Waals surface area contributed by atoms with Gasteiger partial charge in [0, 0.05) is 6.42 Å². The molecule has 0 unspecified atom stereocenters. The number of nitrogens with zero attached hydrogens (tertiary/aromatic N) is 1. The van der Waals surface area contributed by atoms with Crippen LogP contribution in [0.4, 0.5) is 0 Å². The summed E-state index contributed by atoms with van der Waals surface area (Å²) in [7, 11) is 0. The monoisotopic (exact) mass is 720 g/mol. The van der Waals surface area contributed by atoms with E-state index < -0.39 is 5.97 Å². The number of hydrogen-bond donors (Lipinski definition) is 1. The van der Waals surface area contributed by atoms with E-state index in [1.165, 1.54) is 257 Å². The predicted octanol–water partition coefficient (Wildman–Crippen LogP) is 16.8. The first-order valence-electron chi connectivity index (χ1n) is 24.1. The number of hydrogen-bond acceptors (Lipinski definition) is 2. The molecule has 51 heavy (non-hydrogen) atoms. The number of aliphatic carboxylic acids is 1. The van der Waals surface area contributed by atoms with Gasteiger partial charge in [-0.05, 0) is 38.9 Å². The summed E-state index contributed by atoms with van der Waals surface area (Å²) in [5, 5.41) is 9.11. The second-order valence-electron chi connectivity index (χ2n) is 16.8. The van der Waals surface area contributed by atoms with E-state index in [0.29, 0.717) is 6.42 Å². The first kappa shape index (κ1) is 50.4. The number of unbranched alkanes of at least 4 members (excludes halogenated alkanes) is 38. The van der Waals surface area contributed by atoms with Crippen LogP contribution in [0.25, 0.3) is 0 Å². The summed E-state index contributed by atoms with van der Waals surface area (Å²) in [6.45, 7) is 7.89. The molecule has 0 amide bonds. The van der Waals surface area contributed by atoms with Gasteiger partial charge in [0.2, 0.25) is 0 Å². The SMILES string of the molecule is CCCCCCCCCCCCCCCCCCCCCCN(CCCCCCCCCCCCCCCCCCCCCC)CCCC(=O)O. The molecule has 0 spiro atoms. The molecule has 0 aliphatic carbocycles. The van der Waals surface area contributed by atoms with Crippen molar-refractivity contribution in [2.45, 2.75) is 284 Å². The number of carboxylic acids is 1. The molecule has 0 saturated heterocycles. The zero-order valence-electron chi connectivity index (χ0n) is 35.6. The van der Waals surface area contributed by atoms with Crippen molar-refractivity contribution < 1.29 is 9.90 Å². The zero-order chi connectivity index (χ0) is 37.0. The van der Waals surface area contributed by atoms with Gasteiger partial charge in [-0.15, -0.1) is 0 Å². The van der Waals surface area contributed by atoms with Gasteiger partial charge in [0.1, 0.15) is 0 Å². The lowest BCUT2D eigenvalue weighted by molar-refractivity contribution is -0.137. The quantitative estimate of drug-likeness (QED) is 0.0637. The third-order valence-corrected chi connectivity index (χ3v) is 11.5. The summed E-state index contributed by atoms with van der Waals surface area (Å²) in [6, 6.07) is 0. The maximum Gasteiger partial charge on any atom is 0.303 e. The molecule has 0 aliphatic heterocycles. The van der Waals surface area contributed by atoms with Gasteiger partial charge in [0.25, 0.3) is 0 Å². The van der Waals surface area contributed by atoms with Gasteiger partial charge >= 0.3 is 5.97 Å². The highest BCUT2D eigenvalue weighted by atomic mass is 16.4. The minimum absolute atomic E-state index is 0.314. The Kier molecular flexibility index (Phi) is 45.1. The lowest BCUT2D eigenvalue weighted by atomic mass is 10.0. The molecule has 0 heterocycles. The van der Waals surface area contributed by atoms with Crippen LogP contribution in [0.2, 0.25) is 0 Å². The molecule has 0 aromatic rings. The molecule has 3 heteroatoms. The Labute approximate surface area is 323 Å². The summed E-state index contributed by atoms with van der Waals surface area (Å²) in [5.74, 6) is -0.646. The van der Waals surface area contributed by atoms with Gasteiger partial charge in [-0.3, -0.25) is 4.79 Å². The van der Waals surface area contributed by atoms with Gasteiger partial charge in [-0.2, -0.15) is 0 Å². The van der Waals surface area contributed by atoms with Gasteiger partial charge in [0.15, 0.2) is 0 Å². The smallest absolute Gasteiger partial charge is 0.303 e. The second-order valence-corrected chi connectivity index (χ2v) is 16.8. The van der Waals surface area contributed by atoms with Crippen LogP contribution in [0.1, 0.15) is 284 Å². The van der Waals surface area contributed by atoms with Gasteiger partial charge in [0.05, 0.1) is 0 Å². The highest BCUT2D eigenvalue weighted by molar-refractivity contribution is 5.66. The lowest BCUT2D eigenvalue weighted by Crippen LogP contribution is -2.27. The fraction of sp³-hybridized carbons (Fsp3) is 0.979. The highest BCUT2D eigenvalue weighted by Crippen LogP contribution is 2.17. The second kappa shape index (κ2) is 45.6. The van der Waals surface area contributed by atoms with Crippen molar-refractivity contribution >= 4 is 5.97 Å². The van der Waals surface area contributed by atoms with Crippen molar-refractivity contribution in [3.8, 4) is 0 Å². The normalized spacial score (nSPS) is 11.7. The Bertz CT molecular complexity index is 593. The Morgan fingerprint density at radius 2 is 0.471 bits per heavy atom. The van der Waals surface area contributed by atoms with E-state index in [-0.39, 0.29) is 0 Å². The molecule has 0 atom stereocenters. The maximum absolute atomic E-state index is 11.1. The summed E-state index contributed by atoms with van der Waals surface area (Å²) in [6.07, 6.45) is 58.2. The van der Waals surface area contributed by atoms with E-state index in [1.807, 2.05) is 0 Å². The maximum atomic E-state index is 11.1. The molecule has 306 valence electrons. The molecule has 0 aromatic carbocycles. The number of rotatable bonds is 46. The molecule has 0 bridgehead atoms. The van der Waals surface area contributed by atoms with Crippen molar-refractivity contribution in [1.82, 2.24) is 4.90 Å². The Morgan fingerprint density at radius 3 is 0.667 bits per heavy atom. The highest BCUT2D eigenvalue weighted by Gasteiger charge is 2.07. The standard InChI is InChI=1S/C48H97NO2/c1-3-5-7-9-11-13-15-17-19-21-23-25-27-29-31-33-35-37-39-41-45-49(47-43-44-48(50)51)46-42-40-38-36-34-32-30-28-26-24-22-20-18-16-14-12-10-8-6-4-2/h3-47H2,1-2H3,(H,50,51). The average Bonchev–Trinajstić information content (AvgIpc) is 3.12. The van der Waals surface area contributed by atoms with Crippen LogP contribution < -0.4 is 0 Å². The molecule has 3 nitrogen and oxygen atoms in total. The third-order valence-electron chi connectivity index (χ3n) is 11.5. The molecule has 0 aromatic heterocycles. The van der Waals surface area contributed by atoms with Crippen LogP contribution in [0, 0.1) is 0 Å². The van der Waals surface area contributed by atoms with E-state index in [9.17, 15) is 4.79 Å². The molecule has 0 aliphatic rings. The van der Waals surface area contributed by atoms with Crippen molar-refractivity contribution in [1.29, 1.82) is 0 Å². The van der Waals surface area contributed by atoms with E-state index in [4.69, 9.17) is 5.11 Å². The summed E-state index contributed by atoms with van der Waals surface area (Å²) >= 11 is 0. The zero-order valence-corrected chi connectivity index (χ0v) is 35.6. The van der Waals surface area contributed by atoms with E-state index in [2.05, 4.69) is 18.7 Å². The molecule has 0 radical (unpaired) electrons. The van der Waals surface area contributed by atoms with E-state index in [1.54, 1.807) is 0 Å². The van der Waals surface area contributed by atoms with E-state index in [0.717, 1.165) is 26.1 Å². The minimum atomic E-state index is -0.646. The third kappa shape index (κ3) is 45.5. The fourth-order valence-electron chi connectivity index (χ4n) is 7.97. The predicted molar refractivity (Wildman–Crippen MR) is 229 cm³/mol. The number of carboxylic acid groups (broad SMARTS) is 1. The molecule has 0 rings (SSSR count). The van der Waals surface area contributed by atoms with E-state index >= 15 is 0 Å². The van der Waals surface area contributed by atoms with Crippen LogP contribution in [0.3, 0.4) is 0 Å². The molecular formula is C48H97NO2. The van der Waals surface area contributed by atoms with Crippen LogP contribution in [0.5, 0.6) is 0 Å². The van der Waals surface area contributed by atoms with Crippen LogP contribution in [0.15, 0.2) is 0 Å². The van der Waals surface area contributed by atoms with Crippen molar-refractivity contribution in [2.24, 2.45) is 0 Å². The van der Waals surface area contributed by atoms with Crippen molar-refractivity contribution in [3.05, 3.63) is 0 Å². The van der Waals surface area contributed by atoms with Gasteiger partial charge in [-0.25, -0.2) is 0 Å². The Hall–Kier alpha value is -0.570. The molecule has 1 N–H and O–H groups in total. The lowest BCUT2D eigenvalue weighted by Gasteiger charge is -2.22. The van der Waals surface area contributed by atoms with Crippen LogP contribution in [-0.4, -0.2) is 35.6 Å². The topological polar surface area (TPSA) is 40.5 Å². The summed E-state index contributed by atoms with van der Waals surface area (Å²) in [4.78, 5) is 13.6. The molecule has 0 fully saturated rings. The minimum Gasteiger partial charge on any atom is -0.481 e. The van der Waals surface area contributed by atoms with Crippen molar-refractivity contribution in [3.63, 3.8) is 0 Å². The Balaban J connectivity index is 3.56. The van der Waals surface area contributed by atoms with Crippen LogP contribution >= 0.6 is 0 Å². The fourth-order valence-corrected chi connectivity index (χ4v) is 7.97. The van der Waals surface area contributed by atoms with Crippen molar-refractivity contribution in [2.75, 3.05) is 19.6 Å². The first-order chi connectivity index (χ1) is 25.2. The molecular weight excluding hydrogens is 623 g/mol.